The standard InChI is InChI=1S/C31H51N2/c1-28(2,3)22-15-23(29(4,5)6)18-26(17-22)32-13-14-33(21-32)27-19-24(30(7,8)9)16-25(20-27)31(10,11)12/h13-15,17,19,21,23,25,27H,16,18,20H2,1-12H3/q+1/t23-,25+,27-/m0/s1. The van der Waals surface area contributed by atoms with Gasteiger partial charge < -0.3 is 0 Å². The minimum absolute atomic E-state index is 0.159. The Morgan fingerprint density at radius 1 is 0.788 bits per heavy atom. The molecule has 0 aliphatic heterocycles. The molecule has 0 spiro atoms. The number of rotatable bonds is 2. The number of hydrogen-bond donors (Lipinski definition) is 0. The zero-order chi connectivity index (χ0) is 25.0. The quantitative estimate of drug-likeness (QED) is 0.314. The minimum atomic E-state index is 0.159. The van der Waals surface area contributed by atoms with Crippen LogP contribution >= 0.6 is 0 Å². The molecule has 0 fully saturated rings. The molecule has 0 unspecified atom stereocenters. The van der Waals surface area contributed by atoms with Gasteiger partial charge in [0, 0.05) is 6.42 Å². The van der Waals surface area contributed by atoms with Gasteiger partial charge in [0.15, 0.2) is 0 Å². The first-order valence-electron chi connectivity index (χ1n) is 13.1. The van der Waals surface area contributed by atoms with Crippen molar-refractivity contribution in [2.75, 3.05) is 0 Å². The van der Waals surface area contributed by atoms with E-state index < -0.39 is 0 Å². The van der Waals surface area contributed by atoms with Gasteiger partial charge >= 0.3 is 0 Å². The van der Waals surface area contributed by atoms with Crippen molar-refractivity contribution in [3.63, 3.8) is 0 Å². The predicted molar refractivity (Wildman–Crippen MR) is 143 cm³/mol. The fourth-order valence-corrected chi connectivity index (χ4v) is 5.16. The van der Waals surface area contributed by atoms with Crippen molar-refractivity contribution in [3.8, 4) is 0 Å². The molecular weight excluding hydrogens is 400 g/mol. The van der Waals surface area contributed by atoms with Gasteiger partial charge in [0.05, 0.1) is 0 Å². The maximum Gasteiger partial charge on any atom is 0.249 e. The van der Waals surface area contributed by atoms with Crippen LogP contribution in [-0.2, 0) is 0 Å². The van der Waals surface area contributed by atoms with E-state index >= 15 is 0 Å². The molecule has 3 atom stereocenters. The molecule has 3 rings (SSSR count). The van der Waals surface area contributed by atoms with Crippen LogP contribution in [0.5, 0.6) is 0 Å². The monoisotopic (exact) mass is 451 g/mol. The lowest BCUT2D eigenvalue weighted by Crippen LogP contribution is -2.42. The van der Waals surface area contributed by atoms with Gasteiger partial charge in [-0.3, -0.25) is 0 Å². The topological polar surface area (TPSA) is 8.81 Å². The van der Waals surface area contributed by atoms with E-state index in [1.807, 2.05) is 0 Å². The fraction of sp³-hybridized carbons (Fsp3) is 0.710. The van der Waals surface area contributed by atoms with Crippen molar-refractivity contribution in [1.82, 2.24) is 4.57 Å². The van der Waals surface area contributed by atoms with Crippen LogP contribution in [0.2, 0.25) is 0 Å². The van der Waals surface area contributed by atoms with Crippen molar-refractivity contribution in [1.29, 1.82) is 0 Å². The highest BCUT2D eigenvalue weighted by atomic mass is 15.1. The average molecular weight is 452 g/mol. The van der Waals surface area contributed by atoms with Gasteiger partial charge in [-0.15, -0.1) is 0 Å². The molecule has 0 N–H and O–H groups in total. The summed E-state index contributed by atoms with van der Waals surface area (Å²) in [6.45, 7) is 28.5. The molecule has 2 aliphatic rings. The van der Waals surface area contributed by atoms with Crippen molar-refractivity contribution < 1.29 is 4.57 Å². The first kappa shape index (κ1) is 26.0. The van der Waals surface area contributed by atoms with Crippen LogP contribution in [0.1, 0.15) is 108 Å². The summed E-state index contributed by atoms with van der Waals surface area (Å²) < 4.78 is 4.86. The number of aromatic nitrogens is 2. The summed E-state index contributed by atoms with van der Waals surface area (Å²) in [7, 11) is 0. The molecule has 0 bridgehead atoms. The van der Waals surface area contributed by atoms with E-state index in [0.29, 0.717) is 23.3 Å². The third kappa shape index (κ3) is 6.11. The first-order valence-corrected chi connectivity index (χ1v) is 13.1. The summed E-state index contributed by atoms with van der Waals surface area (Å²) in [6.07, 6.45) is 18.0. The molecule has 1 heterocycles. The van der Waals surface area contributed by atoms with Gasteiger partial charge in [0.2, 0.25) is 6.33 Å². The van der Waals surface area contributed by atoms with Crippen LogP contribution in [0.3, 0.4) is 0 Å². The van der Waals surface area contributed by atoms with E-state index in [9.17, 15) is 0 Å². The number of allylic oxidation sites excluding steroid dienone is 6. The summed E-state index contributed by atoms with van der Waals surface area (Å²) in [5.41, 5.74) is 5.46. The van der Waals surface area contributed by atoms with Gasteiger partial charge in [-0.1, -0.05) is 94.7 Å². The maximum atomic E-state index is 2.57. The van der Waals surface area contributed by atoms with Crippen molar-refractivity contribution >= 4 is 5.70 Å². The van der Waals surface area contributed by atoms with Gasteiger partial charge in [-0.2, -0.15) is 0 Å². The van der Waals surface area contributed by atoms with Gasteiger partial charge in [-0.05, 0) is 64.1 Å². The summed E-state index contributed by atoms with van der Waals surface area (Å²) >= 11 is 0. The zero-order valence-electron chi connectivity index (χ0n) is 23.7. The highest BCUT2D eigenvalue weighted by Gasteiger charge is 2.37. The molecule has 0 radical (unpaired) electrons. The minimum Gasteiger partial charge on any atom is -0.230 e. The Kier molecular flexibility index (Phi) is 6.77. The van der Waals surface area contributed by atoms with Crippen LogP contribution < -0.4 is 4.57 Å². The summed E-state index contributed by atoms with van der Waals surface area (Å²) in [5.74, 6) is 1.25. The Hall–Kier alpha value is -1.57. The van der Waals surface area contributed by atoms with Crippen molar-refractivity contribution in [2.45, 2.75) is 108 Å². The Bertz CT molecular complexity index is 939. The number of nitrogens with zero attached hydrogens (tertiary/aromatic N) is 2. The zero-order valence-corrected chi connectivity index (χ0v) is 23.7. The lowest BCUT2D eigenvalue weighted by atomic mass is 9.67. The molecule has 0 amide bonds. The normalized spacial score (nSPS) is 25.5. The summed E-state index contributed by atoms with van der Waals surface area (Å²) in [6, 6.07) is 0.429. The van der Waals surface area contributed by atoms with E-state index in [2.05, 4.69) is 129 Å². The van der Waals surface area contributed by atoms with Crippen LogP contribution in [0.25, 0.3) is 5.70 Å². The SMILES string of the molecule is CC(C)(C)C1=C[C@H](C(C)(C)C)CC(n2cc[n+]([C@H]3C=C(C(C)(C)C)C[C@@H](C(C)(C)C)C3)c2)=C1. The molecule has 0 aromatic carbocycles. The predicted octanol–water partition coefficient (Wildman–Crippen LogP) is 8.62. The second kappa shape index (κ2) is 8.58. The number of imidazole rings is 1. The van der Waals surface area contributed by atoms with E-state index in [-0.39, 0.29) is 16.2 Å². The molecule has 1 aromatic heterocycles. The summed E-state index contributed by atoms with van der Waals surface area (Å²) in [4.78, 5) is 0. The lowest BCUT2D eigenvalue weighted by Gasteiger charge is -2.39. The van der Waals surface area contributed by atoms with Gasteiger partial charge in [0.1, 0.15) is 24.1 Å². The molecule has 2 heteroatoms. The van der Waals surface area contributed by atoms with Crippen molar-refractivity contribution in [3.05, 3.63) is 48.1 Å². The largest absolute Gasteiger partial charge is 0.249 e. The lowest BCUT2D eigenvalue weighted by molar-refractivity contribution is -0.713. The van der Waals surface area contributed by atoms with E-state index in [1.54, 1.807) is 5.57 Å². The van der Waals surface area contributed by atoms with E-state index in [4.69, 9.17) is 0 Å². The van der Waals surface area contributed by atoms with Gasteiger partial charge in [-0.25, -0.2) is 9.13 Å². The Morgan fingerprint density at radius 2 is 1.42 bits per heavy atom. The van der Waals surface area contributed by atoms with Crippen molar-refractivity contribution in [2.24, 2.45) is 33.5 Å². The third-order valence-corrected chi connectivity index (χ3v) is 8.06. The number of hydrogen-bond acceptors (Lipinski definition) is 0. The molecule has 0 saturated heterocycles. The second-order valence-corrected chi connectivity index (χ2v) is 15.0. The Morgan fingerprint density at radius 3 is 1.94 bits per heavy atom. The molecule has 2 aliphatic carbocycles. The molecule has 0 saturated carbocycles. The molecule has 1 aromatic rings. The Labute approximate surface area is 204 Å². The second-order valence-electron chi connectivity index (χ2n) is 15.0. The summed E-state index contributed by atoms with van der Waals surface area (Å²) in [5, 5.41) is 0. The molecular formula is C31H51N2+. The third-order valence-electron chi connectivity index (χ3n) is 8.06. The Balaban J connectivity index is 1.97. The van der Waals surface area contributed by atoms with Crippen LogP contribution in [0.4, 0.5) is 0 Å². The van der Waals surface area contributed by atoms with E-state index in [0.717, 1.165) is 6.42 Å². The molecule has 33 heavy (non-hydrogen) atoms. The van der Waals surface area contributed by atoms with Crippen LogP contribution in [0.15, 0.2) is 48.1 Å². The highest BCUT2D eigenvalue weighted by Crippen LogP contribution is 2.45. The van der Waals surface area contributed by atoms with Crippen LogP contribution in [-0.4, -0.2) is 4.57 Å². The van der Waals surface area contributed by atoms with Crippen LogP contribution in [0, 0.1) is 33.5 Å². The average Bonchev–Trinajstić information content (AvgIpc) is 3.15. The maximum absolute atomic E-state index is 2.57. The molecule has 2 nitrogen and oxygen atoms in total. The fourth-order valence-electron chi connectivity index (χ4n) is 5.16. The molecule has 184 valence electrons. The first-order chi connectivity index (χ1) is 14.9. The highest BCUT2D eigenvalue weighted by molar-refractivity contribution is 5.55. The smallest absolute Gasteiger partial charge is 0.230 e. The van der Waals surface area contributed by atoms with E-state index in [1.165, 1.54) is 24.1 Å². The van der Waals surface area contributed by atoms with Gasteiger partial charge in [0.25, 0.3) is 0 Å².